The predicted octanol–water partition coefficient (Wildman–Crippen LogP) is 11.2. The average molecular weight is 867 g/mol. The van der Waals surface area contributed by atoms with Gasteiger partial charge >= 0.3 is 0 Å². The molecular formula is C51H64O8P2. The van der Waals surface area contributed by atoms with Gasteiger partial charge in [0.05, 0.1) is 55.4 Å². The van der Waals surface area contributed by atoms with Crippen LogP contribution in [0.25, 0.3) is 5.57 Å². The third kappa shape index (κ3) is 9.59. The third-order valence-corrected chi connectivity index (χ3v) is 16.1. The minimum Gasteiger partial charge on any atom is -0.500 e. The quantitative estimate of drug-likeness (QED) is 0.177. The summed E-state index contributed by atoms with van der Waals surface area (Å²) in [7, 11) is 11.2. The maximum Gasteiger partial charge on any atom is 0.128 e. The molecule has 3 atom stereocenters. The summed E-state index contributed by atoms with van der Waals surface area (Å²) >= 11 is 0. The van der Waals surface area contributed by atoms with Crippen molar-refractivity contribution in [2.45, 2.75) is 74.5 Å². The van der Waals surface area contributed by atoms with Gasteiger partial charge in [0.1, 0.15) is 34.5 Å². The number of hydrogen-bond donors (Lipinski definition) is 0. The zero-order valence-corrected chi connectivity index (χ0v) is 40.8. The number of benzene rings is 3. The highest BCUT2D eigenvalue weighted by Gasteiger charge is 2.37. The summed E-state index contributed by atoms with van der Waals surface area (Å²) in [6.07, 6.45) is 7.00. The van der Waals surface area contributed by atoms with Crippen molar-refractivity contribution in [3.63, 3.8) is 0 Å². The van der Waals surface area contributed by atoms with Gasteiger partial charge in [0.2, 0.25) is 0 Å². The first-order chi connectivity index (χ1) is 29.1. The fourth-order valence-corrected chi connectivity index (χ4v) is 14.4. The first kappa shape index (κ1) is 47.5. The summed E-state index contributed by atoms with van der Waals surface area (Å²) in [6.45, 7) is 22.1. The zero-order valence-electron chi connectivity index (χ0n) is 39.1. The topological polar surface area (TPSA) is 73.8 Å². The molecule has 0 bridgehead atoms. The molecule has 61 heavy (non-hydrogen) atoms. The molecule has 2 unspecified atom stereocenters. The second kappa shape index (κ2) is 20.5. The van der Waals surface area contributed by atoms with E-state index >= 15 is 0 Å². The van der Waals surface area contributed by atoms with E-state index in [1.807, 2.05) is 0 Å². The van der Waals surface area contributed by atoms with Crippen molar-refractivity contribution in [3.05, 3.63) is 145 Å². The lowest BCUT2D eigenvalue weighted by Gasteiger charge is -2.35. The van der Waals surface area contributed by atoms with Crippen molar-refractivity contribution in [2.75, 3.05) is 56.9 Å². The van der Waals surface area contributed by atoms with Gasteiger partial charge in [-0.3, -0.25) is 0 Å². The van der Waals surface area contributed by atoms with Crippen LogP contribution >= 0.6 is 15.8 Å². The Kier molecular flexibility index (Phi) is 16.0. The summed E-state index contributed by atoms with van der Waals surface area (Å²) < 4.78 is 49.3. The van der Waals surface area contributed by atoms with Gasteiger partial charge in [0, 0.05) is 37.4 Å². The molecule has 1 aliphatic carbocycles. The molecule has 10 heteroatoms. The molecule has 0 fully saturated rings. The summed E-state index contributed by atoms with van der Waals surface area (Å²) in [6, 6.07) is 13.4. The smallest absolute Gasteiger partial charge is 0.128 e. The largest absolute Gasteiger partial charge is 0.500 e. The molecule has 0 aromatic heterocycles. The van der Waals surface area contributed by atoms with E-state index in [0.29, 0.717) is 24.5 Å². The molecule has 0 saturated carbocycles. The van der Waals surface area contributed by atoms with Crippen LogP contribution in [0.15, 0.2) is 111 Å². The van der Waals surface area contributed by atoms with Gasteiger partial charge in [0.15, 0.2) is 0 Å². The van der Waals surface area contributed by atoms with Crippen LogP contribution in [-0.2, 0) is 30.3 Å². The van der Waals surface area contributed by atoms with Crippen LogP contribution in [0.3, 0.4) is 0 Å². The molecular weight excluding hydrogens is 803 g/mol. The Morgan fingerprint density at radius 2 is 1.18 bits per heavy atom. The van der Waals surface area contributed by atoms with E-state index in [9.17, 15) is 0 Å². The van der Waals surface area contributed by atoms with Gasteiger partial charge < -0.3 is 37.9 Å². The summed E-state index contributed by atoms with van der Waals surface area (Å²) in [5, 5.41) is 6.51. The minimum atomic E-state index is -1.37. The normalized spacial score (nSPS) is 22.1. The van der Waals surface area contributed by atoms with Crippen molar-refractivity contribution in [1.82, 2.24) is 0 Å². The Balaban J connectivity index is 2.11. The van der Waals surface area contributed by atoms with Crippen molar-refractivity contribution >= 4 is 37.3 Å². The Morgan fingerprint density at radius 1 is 0.623 bits per heavy atom. The van der Waals surface area contributed by atoms with E-state index in [0.717, 1.165) is 105 Å². The van der Waals surface area contributed by atoms with E-state index in [1.54, 1.807) is 56.9 Å². The SMILES string of the molecule is C=C1C=C(C)\C(OC)=C(C)/C(OC)=C(C)\C=C(/C)P(c2cc(C)c(OC)c(C)c2)C2=C[C@@H](OC)CC(OC)=C2c2c(OC)cc(COC)cc2P1c1cc(C)c(OC)c(C)c1. The molecule has 3 aromatic rings. The van der Waals surface area contributed by atoms with E-state index in [4.69, 9.17) is 44.5 Å². The highest BCUT2D eigenvalue weighted by atomic mass is 31.1. The fourth-order valence-electron chi connectivity index (χ4n) is 8.93. The van der Waals surface area contributed by atoms with Gasteiger partial charge in [-0.15, -0.1) is 0 Å². The molecule has 1 heterocycles. The van der Waals surface area contributed by atoms with E-state index in [2.05, 4.69) is 110 Å². The van der Waals surface area contributed by atoms with Gasteiger partial charge in [-0.2, -0.15) is 0 Å². The number of fused-ring (bicyclic) bond motifs is 3. The molecule has 8 nitrogen and oxygen atoms in total. The van der Waals surface area contributed by atoms with Crippen molar-refractivity contribution in [2.24, 2.45) is 0 Å². The zero-order chi connectivity index (χ0) is 44.9. The molecule has 2 aliphatic rings. The van der Waals surface area contributed by atoms with Crippen LogP contribution in [-0.4, -0.2) is 63.0 Å². The van der Waals surface area contributed by atoms with E-state index in [1.165, 1.54) is 5.30 Å². The Morgan fingerprint density at radius 3 is 1.66 bits per heavy atom. The molecule has 0 spiro atoms. The average Bonchev–Trinajstić information content (AvgIpc) is 3.21. The highest BCUT2D eigenvalue weighted by Crippen LogP contribution is 2.61. The molecule has 3 aromatic carbocycles. The Hall–Kier alpha value is -4.58. The maximum atomic E-state index is 6.52. The number of methoxy groups -OCH3 is 8. The highest BCUT2D eigenvalue weighted by molar-refractivity contribution is 7.77. The fraction of sp³-hybridized carbons (Fsp3) is 0.373. The summed E-state index contributed by atoms with van der Waals surface area (Å²) in [5.74, 6) is 4.72. The maximum absolute atomic E-state index is 6.52. The standard InChI is InChI=1S/C51H64O8P2/c1-29-18-35(7)60(40-20-31(3)48(56-14)32(4)21-40)44-25-38(28-52-10)24-42(54-12)46(44)47-43(55-13)26-39(53-11)27-45(47)61(41-22-33(5)49(57-15)34(6)23-41)36(8)19-30(2)51(59-17)37(9)50(29)58-16/h18-25,27,39H,7,26,28H2,1-6,8-17H3/b29-18?,36-19+,50-37+,51-30+/t39-,60?,61?/m0/s1. The van der Waals surface area contributed by atoms with Gasteiger partial charge in [-0.1, -0.05) is 12.7 Å². The van der Waals surface area contributed by atoms with Crippen LogP contribution in [0.1, 0.15) is 67.5 Å². The number of allylic oxidation sites excluding steroid dienone is 9. The second-order valence-corrected chi connectivity index (χ2v) is 20.2. The summed E-state index contributed by atoms with van der Waals surface area (Å²) in [5.41, 5.74) is 9.87. The number of rotatable bonds is 11. The third-order valence-electron chi connectivity index (χ3n) is 11.3. The van der Waals surface area contributed by atoms with Crippen molar-refractivity contribution < 1.29 is 37.9 Å². The second-order valence-electron chi connectivity index (χ2n) is 15.5. The van der Waals surface area contributed by atoms with E-state index < -0.39 is 15.8 Å². The number of ether oxygens (including phenoxy) is 8. The molecule has 0 saturated heterocycles. The molecule has 0 amide bonds. The van der Waals surface area contributed by atoms with Crippen LogP contribution in [0.2, 0.25) is 0 Å². The molecule has 5 rings (SSSR count). The van der Waals surface area contributed by atoms with Gasteiger partial charge in [-0.05, 0) is 191 Å². The first-order valence-electron chi connectivity index (χ1n) is 20.3. The van der Waals surface area contributed by atoms with Gasteiger partial charge in [-0.25, -0.2) is 0 Å². The minimum absolute atomic E-state index is 0.245. The lowest BCUT2D eigenvalue weighted by molar-refractivity contribution is 0.122. The molecule has 0 radical (unpaired) electrons. The molecule has 326 valence electrons. The van der Waals surface area contributed by atoms with E-state index in [-0.39, 0.29) is 6.10 Å². The van der Waals surface area contributed by atoms with Crippen LogP contribution in [0, 0.1) is 27.7 Å². The monoisotopic (exact) mass is 866 g/mol. The Bertz CT molecular complexity index is 2330. The molecule has 1 aliphatic heterocycles. The summed E-state index contributed by atoms with van der Waals surface area (Å²) in [4.78, 5) is 0. The van der Waals surface area contributed by atoms with Crippen LogP contribution < -0.4 is 30.1 Å². The van der Waals surface area contributed by atoms with Crippen molar-refractivity contribution in [1.29, 1.82) is 0 Å². The van der Waals surface area contributed by atoms with Crippen LogP contribution in [0.4, 0.5) is 0 Å². The van der Waals surface area contributed by atoms with Crippen LogP contribution in [0.5, 0.6) is 17.2 Å². The molecule has 0 N–H and O–H groups in total. The first-order valence-corrected chi connectivity index (χ1v) is 23.0. The lowest BCUT2D eigenvalue weighted by atomic mass is 9.94. The number of hydrogen-bond acceptors (Lipinski definition) is 8. The lowest BCUT2D eigenvalue weighted by Crippen LogP contribution is -2.24. The van der Waals surface area contributed by atoms with Gasteiger partial charge in [0.25, 0.3) is 0 Å². The predicted molar refractivity (Wildman–Crippen MR) is 255 cm³/mol. The number of aryl methyl sites for hydroxylation is 4. The van der Waals surface area contributed by atoms with Crippen molar-refractivity contribution in [3.8, 4) is 17.2 Å². The Labute approximate surface area is 367 Å².